The van der Waals surface area contributed by atoms with Gasteiger partial charge in [0.05, 0.1) is 28.5 Å². The summed E-state index contributed by atoms with van der Waals surface area (Å²) in [4.78, 5) is 29.0. The number of carbonyl (C=O) groups excluding carboxylic acids is 1. The zero-order chi connectivity index (χ0) is 27.8. The van der Waals surface area contributed by atoms with Gasteiger partial charge < -0.3 is 18.8 Å². The molecule has 41 heavy (non-hydrogen) atoms. The van der Waals surface area contributed by atoms with Crippen molar-refractivity contribution in [1.82, 2.24) is 29.0 Å². The van der Waals surface area contributed by atoms with E-state index in [0.717, 1.165) is 63.4 Å². The number of piperidine rings is 1. The van der Waals surface area contributed by atoms with Crippen LogP contribution in [0.5, 0.6) is 5.75 Å². The molecule has 0 radical (unpaired) electrons. The molecule has 9 nitrogen and oxygen atoms in total. The first-order valence-corrected chi connectivity index (χ1v) is 14.8. The van der Waals surface area contributed by atoms with Gasteiger partial charge in [-0.2, -0.15) is 5.26 Å². The van der Waals surface area contributed by atoms with Crippen LogP contribution in [0.2, 0.25) is 0 Å². The molecule has 10 heteroatoms. The van der Waals surface area contributed by atoms with Gasteiger partial charge in [0.25, 0.3) is 5.91 Å². The molecular weight excluding hydrogens is 534 g/mol. The van der Waals surface area contributed by atoms with E-state index in [4.69, 9.17) is 15.0 Å². The second kappa shape index (κ2) is 9.01. The van der Waals surface area contributed by atoms with Gasteiger partial charge in [-0.3, -0.25) is 4.79 Å². The zero-order valence-corrected chi connectivity index (χ0v) is 23.6. The minimum atomic E-state index is 0.0274. The molecule has 1 aromatic carbocycles. The topological polar surface area (TPSA) is 102 Å². The van der Waals surface area contributed by atoms with Crippen molar-refractivity contribution in [2.75, 3.05) is 20.2 Å². The molecule has 2 aliphatic carbocycles. The molecule has 4 aromatic heterocycles. The van der Waals surface area contributed by atoms with Crippen LogP contribution in [0, 0.1) is 23.2 Å². The van der Waals surface area contributed by atoms with Gasteiger partial charge in [-0.05, 0) is 49.3 Å². The summed E-state index contributed by atoms with van der Waals surface area (Å²) in [7, 11) is 3.66. The number of amides is 1. The van der Waals surface area contributed by atoms with Crippen molar-refractivity contribution in [1.29, 1.82) is 5.26 Å². The molecule has 1 amide bonds. The second-order valence-electron chi connectivity index (χ2n) is 11.4. The fraction of sp³-hybridized carbons (Fsp3) is 0.323. The number of rotatable bonds is 6. The van der Waals surface area contributed by atoms with Crippen molar-refractivity contribution >= 4 is 38.5 Å². The van der Waals surface area contributed by atoms with Crippen LogP contribution in [-0.4, -0.2) is 55.1 Å². The molecule has 5 aromatic rings. The first kappa shape index (κ1) is 24.3. The van der Waals surface area contributed by atoms with Crippen LogP contribution in [0.15, 0.2) is 47.6 Å². The molecule has 1 saturated heterocycles. The fourth-order valence-electron chi connectivity index (χ4n) is 6.35. The highest BCUT2D eigenvalue weighted by Gasteiger charge is 2.33. The Morgan fingerprint density at radius 1 is 1.20 bits per heavy atom. The van der Waals surface area contributed by atoms with Crippen molar-refractivity contribution in [2.24, 2.45) is 18.9 Å². The van der Waals surface area contributed by atoms with E-state index in [1.54, 1.807) is 30.8 Å². The Morgan fingerprint density at radius 3 is 2.68 bits per heavy atom. The molecule has 2 fully saturated rings. The van der Waals surface area contributed by atoms with Gasteiger partial charge in [-0.15, -0.1) is 11.3 Å². The summed E-state index contributed by atoms with van der Waals surface area (Å²) in [5.74, 6) is 2.79. The molecule has 4 aliphatic rings. The lowest BCUT2D eigenvalue weighted by Crippen LogP contribution is -2.44. The van der Waals surface area contributed by atoms with Gasteiger partial charge in [-0.25, -0.2) is 15.0 Å². The van der Waals surface area contributed by atoms with Gasteiger partial charge >= 0.3 is 0 Å². The van der Waals surface area contributed by atoms with Gasteiger partial charge in [0, 0.05) is 61.1 Å². The number of methoxy groups -OCH3 is 1. The van der Waals surface area contributed by atoms with E-state index in [9.17, 15) is 4.79 Å². The maximum absolute atomic E-state index is 13.5. The number of hydrogen-bond acceptors (Lipinski definition) is 7. The Hall–Kier alpha value is -4.49. The third kappa shape index (κ3) is 3.87. The third-order valence-corrected chi connectivity index (χ3v) is 9.50. The lowest BCUT2D eigenvalue weighted by molar-refractivity contribution is 0.0711. The summed E-state index contributed by atoms with van der Waals surface area (Å²) in [6, 6.07) is 7.98. The van der Waals surface area contributed by atoms with Gasteiger partial charge in [0.2, 0.25) is 5.82 Å². The average Bonchev–Trinajstić information content (AvgIpc) is 3.48. The molecule has 1 atom stereocenters. The largest absolute Gasteiger partial charge is 0.494 e. The van der Waals surface area contributed by atoms with E-state index in [0.29, 0.717) is 29.7 Å². The number of aromatic nitrogens is 5. The van der Waals surface area contributed by atoms with Crippen LogP contribution in [0.1, 0.15) is 35.4 Å². The molecular formula is C31H27N7O2S. The summed E-state index contributed by atoms with van der Waals surface area (Å²) in [5, 5.41) is 11.3. The number of thiophene rings is 1. The van der Waals surface area contributed by atoms with Crippen LogP contribution in [0.25, 0.3) is 43.9 Å². The summed E-state index contributed by atoms with van der Waals surface area (Å²) < 4.78 is 11.4. The highest BCUT2D eigenvalue weighted by atomic mass is 32.1. The predicted octanol–water partition coefficient (Wildman–Crippen LogP) is 5.41. The lowest BCUT2D eigenvalue weighted by atomic mass is 9.82. The molecule has 0 unspecified atom stereocenters. The van der Waals surface area contributed by atoms with Crippen molar-refractivity contribution in [3.8, 4) is 34.5 Å². The number of benzene rings is 1. The fourth-order valence-corrected chi connectivity index (χ4v) is 7.36. The Kier molecular flexibility index (Phi) is 5.34. The number of imidazole rings is 1. The highest BCUT2D eigenvalue weighted by molar-refractivity contribution is 7.17. The summed E-state index contributed by atoms with van der Waals surface area (Å²) in [5.41, 5.74) is 7.69. The van der Waals surface area contributed by atoms with Crippen LogP contribution < -0.4 is 4.74 Å². The number of nitriles is 1. The van der Waals surface area contributed by atoms with Gasteiger partial charge in [0.1, 0.15) is 17.3 Å². The molecule has 9 rings (SSSR count). The molecule has 204 valence electrons. The molecule has 6 heterocycles. The van der Waals surface area contributed by atoms with E-state index in [2.05, 4.69) is 36.6 Å². The Balaban J connectivity index is 1.25. The minimum absolute atomic E-state index is 0.0274. The monoisotopic (exact) mass is 561 g/mol. The van der Waals surface area contributed by atoms with Crippen molar-refractivity contribution in [3.05, 3.63) is 59.0 Å². The highest BCUT2D eigenvalue weighted by Crippen LogP contribution is 2.43. The third-order valence-electron chi connectivity index (χ3n) is 8.58. The van der Waals surface area contributed by atoms with E-state index in [1.165, 1.54) is 18.4 Å². The van der Waals surface area contributed by atoms with Crippen LogP contribution >= 0.6 is 11.3 Å². The second-order valence-corrected chi connectivity index (χ2v) is 12.3. The number of ether oxygens (including phenoxy) is 1. The molecule has 2 bridgehead atoms. The number of aryl methyl sites for hydroxylation is 1. The number of fused-ring (bicyclic) bond motifs is 4. The summed E-state index contributed by atoms with van der Waals surface area (Å²) >= 11 is 1.68. The Labute approximate surface area is 240 Å². The predicted molar refractivity (Wildman–Crippen MR) is 157 cm³/mol. The average molecular weight is 562 g/mol. The van der Waals surface area contributed by atoms with Gasteiger partial charge in [0.15, 0.2) is 5.82 Å². The standard InChI is InChI=1S/C31H27N7O2S/c1-36-29-23(7-20(8-25(29)40-2)31(39)37-13-18-5-19(6-18)14-37)35-30(36)24-9-26-28(38(24)15-17-3-4-17)22(16-41-26)21-11-33-27(10-32)34-12-21/h5,7-9,11-12,16-18H,3-4,6,13-15H2,1-2H3/t18-/m1/s1. The molecule has 2 aliphatic heterocycles. The molecule has 1 saturated carbocycles. The van der Waals surface area contributed by atoms with E-state index in [-0.39, 0.29) is 11.7 Å². The number of hydrogen-bond donors (Lipinski definition) is 0. The molecule has 0 N–H and O–H groups in total. The van der Waals surface area contributed by atoms with Crippen molar-refractivity contribution in [3.63, 3.8) is 0 Å². The van der Waals surface area contributed by atoms with E-state index >= 15 is 0 Å². The van der Waals surface area contributed by atoms with E-state index in [1.807, 2.05) is 30.1 Å². The summed E-state index contributed by atoms with van der Waals surface area (Å²) in [6.45, 7) is 2.38. The molecule has 0 spiro atoms. The van der Waals surface area contributed by atoms with Crippen LogP contribution in [-0.2, 0) is 13.6 Å². The zero-order valence-electron chi connectivity index (χ0n) is 22.8. The minimum Gasteiger partial charge on any atom is -0.494 e. The van der Waals surface area contributed by atoms with Crippen LogP contribution in [0.3, 0.4) is 0 Å². The number of nitrogens with zero attached hydrogens (tertiary/aromatic N) is 7. The first-order valence-electron chi connectivity index (χ1n) is 13.9. The van der Waals surface area contributed by atoms with Crippen molar-refractivity contribution < 1.29 is 9.53 Å². The van der Waals surface area contributed by atoms with E-state index < -0.39 is 0 Å². The quantitative estimate of drug-likeness (QED) is 0.257. The SMILES string of the molecule is COc1cc(C(=O)N2CC3=C[C@H](C3)C2)cc2nc(-c3cc4scc(-c5cnc(C#N)nc5)c4n3CC3CC3)n(C)c12. The van der Waals surface area contributed by atoms with Crippen molar-refractivity contribution in [2.45, 2.75) is 25.8 Å². The van der Waals surface area contributed by atoms with Crippen LogP contribution in [0.4, 0.5) is 0 Å². The number of carbonyl (C=O) groups is 1. The Morgan fingerprint density at radius 2 is 2.00 bits per heavy atom. The van der Waals surface area contributed by atoms with Gasteiger partial charge in [-0.1, -0.05) is 11.6 Å². The lowest BCUT2D eigenvalue weighted by Gasteiger charge is -2.40. The Bertz CT molecular complexity index is 1950. The smallest absolute Gasteiger partial charge is 0.254 e. The maximum Gasteiger partial charge on any atom is 0.254 e. The normalized spacial score (nSPS) is 17.9. The summed E-state index contributed by atoms with van der Waals surface area (Å²) in [6.07, 6.45) is 9.29. The maximum atomic E-state index is 13.5. The first-order chi connectivity index (χ1) is 20.0.